The fraction of sp³-hybridized carbons (Fsp3) is 0.529. The van der Waals surface area contributed by atoms with Crippen LogP contribution in [-0.2, 0) is 9.59 Å². The second-order valence-electron chi connectivity index (χ2n) is 6.45. The van der Waals surface area contributed by atoms with E-state index in [1.807, 2.05) is 18.2 Å². The summed E-state index contributed by atoms with van der Waals surface area (Å²) < 4.78 is 0. The highest BCUT2D eigenvalue weighted by molar-refractivity contribution is 5.87. The summed E-state index contributed by atoms with van der Waals surface area (Å²) in [6.45, 7) is 2.24. The Bertz CT molecular complexity index is 556. The van der Waals surface area contributed by atoms with E-state index in [9.17, 15) is 14.7 Å². The zero-order valence-corrected chi connectivity index (χ0v) is 12.3. The standard InChI is InChI=1S/C17H21NO3/c1-17(16(20)21)8-5-9-18(17)15(19)11-13-10-14(13)12-6-3-2-4-7-12/h2-4,6-7,13-14H,5,8-11H2,1H3,(H,20,21)/t13-,14-,17?/m0/s1. The van der Waals surface area contributed by atoms with E-state index in [1.165, 1.54) is 5.56 Å². The number of aliphatic carboxylic acids is 1. The third-order valence-electron chi connectivity index (χ3n) is 4.99. The van der Waals surface area contributed by atoms with Crippen LogP contribution in [0.25, 0.3) is 0 Å². The summed E-state index contributed by atoms with van der Waals surface area (Å²) >= 11 is 0. The van der Waals surface area contributed by atoms with Crippen LogP contribution in [0, 0.1) is 5.92 Å². The second kappa shape index (κ2) is 5.17. The minimum atomic E-state index is -1.01. The normalized spacial score (nSPS) is 31.2. The van der Waals surface area contributed by atoms with Gasteiger partial charge in [-0.15, -0.1) is 0 Å². The van der Waals surface area contributed by atoms with Crippen LogP contribution in [0.15, 0.2) is 30.3 Å². The Morgan fingerprint density at radius 3 is 2.71 bits per heavy atom. The molecule has 1 saturated carbocycles. The first kappa shape index (κ1) is 14.1. The summed E-state index contributed by atoms with van der Waals surface area (Å²) in [6.07, 6.45) is 2.85. The molecule has 3 rings (SSSR count). The molecule has 2 aliphatic rings. The molecule has 0 spiro atoms. The van der Waals surface area contributed by atoms with Crippen molar-refractivity contribution in [2.75, 3.05) is 6.54 Å². The van der Waals surface area contributed by atoms with E-state index < -0.39 is 11.5 Å². The number of carboxylic acids is 1. The Morgan fingerprint density at radius 1 is 1.33 bits per heavy atom. The smallest absolute Gasteiger partial charge is 0.329 e. The minimum Gasteiger partial charge on any atom is -0.480 e. The van der Waals surface area contributed by atoms with Crippen LogP contribution >= 0.6 is 0 Å². The molecule has 1 amide bonds. The molecule has 1 aliphatic carbocycles. The van der Waals surface area contributed by atoms with Gasteiger partial charge in [-0.2, -0.15) is 0 Å². The lowest BCUT2D eigenvalue weighted by Crippen LogP contribution is -2.50. The van der Waals surface area contributed by atoms with E-state index in [0.717, 1.165) is 12.8 Å². The number of carboxylic acid groups (broad SMARTS) is 1. The zero-order chi connectivity index (χ0) is 15.0. The maximum absolute atomic E-state index is 12.5. The van der Waals surface area contributed by atoms with Crippen LogP contribution in [0.4, 0.5) is 0 Å². The van der Waals surface area contributed by atoms with Crippen LogP contribution in [0.3, 0.4) is 0 Å². The van der Waals surface area contributed by atoms with Crippen molar-refractivity contribution < 1.29 is 14.7 Å². The molecule has 0 bridgehead atoms. The average molecular weight is 287 g/mol. The number of rotatable bonds is 4. The van der Waals surface area contributed by atoms with Crippen molar-refractivity contribution in [1.29, 1.82) is 0 Å². The third-order valence-corrected chi connectivity index (χ3v) is 4.99. The molecular weight excluding hydrogens is 266 g/mol. The molecule has 0 radical (unpaired) electrons. The average Bonchev–Trinajstić information content (AvgIpc) is 3.11. The lowest BCUT2D eigenvalue weighted by Gasteiger charge is -2.31. The molecule has 1 N–H and O–H groups in total. The van der Waals surface area contributed by atoms with Crippen LogP contribution in [0.5, 0.6) is 0 Å². The Balaban J connectivity index is 1.62. The van der Waals surface area contributed by atoms with E-state index in [2.05, 4.69) is 12.1 Å². The quantitative estimate of drug-likeness (QED) is 0.926. The highest BCUT2D eigenvalue weighted by Gasteiger charge is 2.48. The van der Waals surface area contributed by atoms with Gasteiger partial charge in [0.2, 0.25) is 5.91 Å². The lowest BCUT2D eigenvalue weighted by atomic mass is 9.98. The van der Waals surface area contributed by atoms with Crippen molar-refractivity contribution in [2.24, 2.45) is 5.92 Å². The highest BCUT2D eigenvalue weighted by Crippen LogP contribution is 2.50. The third kappa shape index (κ3) is 2.55. The number of amides is 1. The van der Waals surface area contributed by atoms with E-state index >= 15 is 0 Å². The van der Waals surface area contributed by atoms with Crippen molar-refractivity contribution in [3.8, 4) is 0 Å². The Kier molecular flexibility index (Phi) is 3.47. The highest BCUT2D eigenvalue weighted by atomic mass is 16.4. The summed E-state index contributed by atoms with van der Waals surface area (Å²) in [4.78, 5) is 25.5. The predicted molar refractivity (Wildman–Crippen MR) is 78.9 cm³/mol. The van der Waals surface area contributed by atoms with Crippen LogP contribution in [-0.4, -0.2) is 34.0 Å². The number of nitrogens with zero attached hydrogens (tertiary/aromatic N) is 1. The summed E-state index contributed by atoms with van der Waals surface area (Å²) in [7, 11) is 0. The van der Waals surface area contributed by atoms with Gasteiger partial charge in [-0.3, -0.25) is 4.79 Å². The van der Waals surface area contributed by atoms with Gasteiger partial charge in [0.15, 0.2) is 0 Å². The van der Waals surface area contributed by atoms with Gasteiger partial charge in [0.1, 0.15) is 5.54 Å². The van der Waals surface area contributed by atoms with E-state index in [-0.39, 0.29) is 5.91 Å². The van der Waals surface area contributed by atoms with E-state index in [0.29, 0.717) is 31.2 Å². The Labute approximate surface area is 124 Å². The number of likely N-dealkylation sites (tertiary alicyclic amines) is 1. The van der Waals surface area contributed by atoms with Gasteiger partial charge in [-0.25, -0.2) is 4.79 Å². The molecule has 4 heteroatoms. The fourth-order valence-electron chi connectivity index (χ4n) is 3.50. The first-order valence-corrected chi connectivity index (χ1v) is 7.61. The molecule has 1 saturated heterocycles. The van der Waals surface area contributed by atoms with E-state index in [4.69, 9.17) is 0 Å². The number of hydrogen-bond donors (Lipinski definition) is 1. The zero-order valence-electron chi connectivity index (χ0n) is 12.3. The van der Waals surface area contributed by atoms with Crippen molar-refractivity contribution >= 4 is 11.9 Å². The topological polar surface area (TPSA) is 57.6 Å². The SMILES string of the molecule is CC1(C(=O)O)CCCN1C(=O)C[C@@H]1C[C@H]1c1ccccc1. The van der Waals surface area contributed by atoms with Crippen molar-refractivity contribution in [1.82, 2.24) is 4.90 Å². The summed E-state index contributed by atoms with van der Waals surface area (Å²) in [5, 5.41) is 9.38. The van der Waals surface area contributed by atoms with Gasteiger partial charge in [-0.05, 0) is 43.6 Å². The molecule has 3 atom stereocenters. The molecule has 1 aliphatic heterocycles. The number of carbonyl (C=O) groups excluding carboxylic acids is 1. The second-order valence-corrected chi connectivity index (χ2v) is 6.45. The maximum Gasteiger partial charge on any atom is 0.329 e. The number of carbonyl (C=O) groups is 2. The summed E-state index contributed by atoms with van der Waals surface area (Å²) in [5.74, 6) is -0.0445. The molecule has 21 heavy (non-hydrogen) atoms. The molecule has 112 valence electrons. The van der Waals surface area contributed by atoms with Gasteiger partial charge < -0.3 is 10.0 Å². The summed E-state index contributed by atoms with van der Waals surface area (Å²) in [5.41, 5.74) is 0.284. The Hall–Kier alpha value is -1.84. The minimum absolute atomic E-state index is 0.000770. The van der Waals surface area contributed by atoms with Gasteiger partial charge in [0.05, 0.1) is 0 Å². The van der Waals surface area contributed by atoms with Crippen molar-refractivity contribution in [3.05, 3.63) is 35.9 Å². The molecule has 2 fully saturated rings. The van der Waals surface area contributed by atoms with Gasteiger partial charge in [-0.1, -0.05) is 30.3 Å². The molecule has 1 unspecified atom stereocenters. The van der Waals surface area contributed by atoms with E-state index in [1.54, 1.807) is 11.8 Å². The van der Waals surface area contributed by atoms with Gasteiger partial charge >= 0.3 is 5.97 Å². The molecule has 1 aromatic carbocycles. The van der Waals surface area contributed by atoms with Crippen LogP contribution in [0.1, 0.15) is 44.1 Å². The van der Waals surface area contributed by atoms with Crippen LogP contribution in [0.2, 0.25) is 0 Å². The molecule has 4 nitrogen and oxygen atoms in total. The molecule has 1 aromatic rings. The van der Waals surface area contributed by atoms with Gasteiger partial charge in [0.25, 0.3) is 0 Å². The number of hydrogen-bond acceptors (Lipinski definition) is 2. The van der Waals surface area contributed by atoms with Gasteiger partial charge in [0, 0.05) is 13.0 Å². The largest absolute Gasteiger partial charge is 0.480 e. The van der Waals surface area contributed by atoms with Crippen molar-refractivity contribution in [2.45, 2.75) is 44.1 Å². The lowest BCUT2D eigenvalue weighted by molar-refractivity contribution is -0.155. The molecule has 0 aromatic heterocycles. The molecule has 1 heterocycles. The summed E-state index contributed by atoms with van der Waals surface area (Å²) in [6, 6.07) is 10.2. The maximum atomic E-state index is 12.5. The first-order chi connectivity index (χ1) is 10.0. The predicted octanol–water partition coefficient (Wildman–Crippen LogP) is 2.65. The number of benzene rings is 1. The van der Waals surface area contributed by atoms with Crippen LogP contribution < -0.4 is 0 Å². The fourth-order valence-corrected chi connectivity index (χ4v) is 3.50. The Morgan fingerprint density at radius 2 is 2.05 bits per heavy atom. The molecular formula is C17H21NO3. The first-order valence-electron chi connectivity index (χ1n) is 7.61. The monoisotopic (exact) mass is 287 g/mol. The van der Waals surface area contributed by atoms with Crippen molar-refractivity contribution in [3.63, 3.8) is 0 Å².